The van der Waals surface area contributed by atoms with Crippen LogP contribution in [0.3, 0.4) is 0 Å². The van der Waals surface area contributed by atoms with Gasteiger partial charge in [-0.25, -0.2) is 0 Å². The molecule has 3 N–H and O–H groups in total. The average molecular weight is 337 g/mol. The maximum absolute atomic E-state index is 12.3. The van der Waals surface area contributed by atoms with Crippen LogP contribution in [0.2, 0.25) is 5.02 Å². The highest BCUT2D eigenvalue weighted by Crippen LogP contribution is 2.52. The van der Waals surface area contributed by atoms with E-state index in [2.05, 4.69) is 10.9 Å². The summed E-state index contributed by atoms with van der Waals surface area (Å²) in [6.45, 7) is 0. The summed E-state index contributed by atoms with van der Waals surface area (Å²) in [5, 5.41) is 9.87. The molecule has 0 aromatic heterocycles. The van der Waals surface area contributed by atoms with E-state index in [9.17, 15) is 19.5 Å². The Labute approximate surface area is 138 Å². The topological polar surface area (TPSA) is 95.5 Å². The van der Waals surface area contributed by atoms with Crippen molar-refractivity contribution in [3.8, 4) is 0 Å². The van der Waals surface area contributed by atoms with E-state index < -0.39 is 29.6 Å². The van der Waals surface area contributed by atoms with Crippen LogP contribution in [0.1, 0.15) is 29.6 Å². The Bertz CT molecular complexity index is 646. The van der Waals surface area contributed by atoms with Gasteiger partial charge in [0.25, 0.3) is 5.91 Å². The molecule has 2 amide bonds. The second-order valence-electron chi connectivity index (χ2n) is 6.17. The summed E-state index contributed by atoms with van der Waals surface area (Å²) in [5.74, 6) is -2.88. The van der Waals surface area contributed by atoms with Gasteiger partial charge in [0.2, 0.25) is 5.91 Å². The lowest BCUT2D eigenvalue weighted by Crippen LogP contribution is -2.48. The van der Waals surface area contributed by atoms with Gasteiger partial charge in [0.15, 0.2) is 0 Å². The molecular weight excluding hydrogens is 320 g/mol. The van der Waals surface area contributed by atoms with Crippen LogP contribution in [-0.2, 0) is 9.59 Å². The van der Waals surface area contributed by atoms with Crippen molar-refractivity contribution in [3.63, 3.8) is 0 Å². The van der Waals surface area contributed by atoms with Crippen molar-refractivity contribution in [2.45, 2.75) is 19.3 Å². The number of nitrogens with one attached hydrogen (secondary N) is 2. The molecule has 2 bridgehead atoms. The van der Waals surface area contributed by atoms with Gasteiger partial charge in [-0.2, -0.15) is 0 Å². The van der Waals surface area contributed by atoms with Gasteiger partial charge in [0.05, 0.1) is 11.8 Å². The third-order valence-corrected chi connectivity index (χ3v) is 5.16. The summed E-state index contributed by atoms with van der Waals surface area (Å²) in [6.07, 6.45) is 2.51. The number of benzene rings is 1. The second kappa shape index (κ2) is 6.20. The molecule has 0 unspecified atom stereocenters. The number of hydrogen-bond acceptors (Lipinski definition) is 3. The fraction of sp³-hybridized carbons (Fsp3) is 0.438. The summed E-state index contributed by atoms with van der Waals surface area (Å²) in [7, 11) is 0. The summed E-state index contributed by atoms with van der Waals surface area (Å²) in [6, 6.07) is 6.24. The summed E-state index contributed by atoms with van der Waals surface area (Å²) in [5.41, 5.74) is 5.07. The number of hydrogen-bond donors (Lipinski definition) is 3. The Morgan fingerprint density at radius 1 is 1.00 bits per heavy atom. The maximum Gasteiger partial charge on any atom is 0.307 e. The van der Waals surface area contributed by atoms with Gasteiger partial charge in [0, 0.05) is 10.6 Å². The van der Waals surface area contributed by atoms with Crippen LogP contribution in [0.4, 0.5) is 0 Å². The van der Waals surface area contributed by atoms with E-state index in [0.29, 0.717) is 10.6 Å². The molecule has 0 aliphatic heterocycles. The number of carboxylic acid groups (broad SMARTS) is 1. The lowest BCUT2D eigenvalue weighted by atomic mass is 9.79. The molecule has 23 heavy (non-hydrogen) atoms. The minimum absolute atomic E-state index is 0.0696. The van der Waals surface area contributed by atoms with Crippen LogP contribution in [0.5, 0.6) is 0 Å². The van der Waals surface area contributed by atoms with Crippen LogP contribution >= 0.6 is 11.6 Å². The van der Waals surface area contributed by atoms with Crippen molar-refractivity contribution in [2.24, 2.45) is 23.7 Å². The highest BCUT2D eigenvalue weighted by Gasteiger charge is 2.54. The number of aliphatic carboxylic acids is 1. The van der Waals surface area contributed by atoms with E-state index in [4.69, 9.17) is 11.6 Å². The first-order chi connectivity index (χ1) is 11.0. The van der Waals surface area contributed by atoms with Gasteiger partial charge < -0.3 is 5.11 Å². The molecule has 1 aromatic rings. The van der Waals surface area contributed by atoms with Crippen molar-refractivity contribution in [2.75, 3.05) is 0 Å². The molecule has 3 rings (SSSR count). The highest BCUT2D eigenvalue weighted by molar-refractivity contribution is 6.30. The number of carbonyl (C=O) groups excluding carboxylic acids is 2. The van der Waals surface area contributed by atoms with Crippen LogP contribution in [0, 0.1) is 23.7 Å². The third-order valence-electron chi connectivity index (χ3n) is 4.91. The predicted octanol–water partition coefficient (Wildman–Crippen LogP) is 1.85. The fourth-order valence-electron chi connectivity index (χ4n) is 3.90. The molecule has 122 valence electrons. The third kappa shape index (κ3) is 3.03. The van der Waals surface area contributed by atoms with Gasteiger partial charge in [-0.15, -0.1) is 0 Å². The monoisotopic (exact) mass is 336 g/mol. The average Bonchev–Trinajstić information content (AvgIpc) is 3.13. The second-order valence-corrected chi connectivity index (χ2v) is 6.61. The van der Waals surface area contributed by atoms with Gasteiger partial charge >= 0.3 is 5.97 Å². The van der Waals surface area contributed by atoms with Crippen LogP contribution in [0.15, 0.2) is 24.3 Å². The van der Waals surface area contributed by atoms with Crippen LogP contribution < -0.4 is 10.9 Å². The molecule has 4 atom stereocenters. The minimum atomic E-state index is -0.929. The van der Waals surface area contributed by atoms with E-state index in [1.807, 2.05) is 0 Å². The first kappa shape index (κ1) is 15.8. The van der Waals surface area contributed by atoms with E-state index in [-0.39, 0.29) is 11.8 Å². The van der Waals surface area contributed by atoms with E-state index in [0.717, 1.165) is 19.3 Å². The zero-order chi connectivity index (χ0) is 16.6. The van der Waals surface area contributed by atoms with E-state index >= 15 is 0 Å². The molecule has 2 saturated carbocycles. The maximum atomic E-state index is 12.3. The van der Waals surface area contributed by atoms with Crippen molar-refractivity contribution >= 4 is 29.4 Å². The lowest BCUT2D eigenvalue weighted by Gasteiger charge is -2.26. The Hall–Kier alpha value is -2.08. The molecule has 0 radical (unpaired) electrons. The van der Waals surface area contributed by atoms with Gasteiger partial charge in [-0.1, -0.05) is 11.6 Å². The molecule has 0 spiro atoms. The van der Waals surface area contributed by atoms with E-state index in [1.165, 1.54) is 0 Å². The zero-order valence-corrected chi connectivity index (χ0v) is 13.0. The van der Waals surface area contributed by atoms with Crippen molar-refractivity contribution < 1.29 is 19.5 Å². The van der Waals surface area contributed by atoms with Crippen molar-refractivity contribution in [1.29, 1.82) is 0 Å². The molecule has 0 saturated heterocycles. The van der Waals surface area contributed by atoms with Crippen molar-refractivity contribution in [3.05, 3.63) is 34.9 Å². The Balaban J connectivity index is 1.62. The van der Waals surface area contributed by atoms with Crippen LogP contribution in [-0.4, -0.2) is 22.9 Å². The summed E-state index contributed by atoms with van der Waals surface area (Å²) >= 11 is 5.75. The fourth-order valence-corrected chi connectivity index (χ4v) is 4.03. The molecule has 1 aromatic carbocycles. The first-order valence-corrected chi connectivity index (χ1v) is 7.93. The number of amides is 2. The number of halogens is 1. The zero-order valence-electron chi connectivity index (χ0n) is 12.3. The van der Waals surface area contributed by atoms with Gasteiger partial charge in [-0.05, 0) is 55.4 Å². The summed E-state index contributed by atoms with van der Waals surface area (Å²) in [4.78, 5) is 35.7. The predicted molar refractivity (Wildman–Crippen MR) is 82.5 cm³/mol. The SMILES string of the molecule is O=C(NNC(=O)[C@@H]1[C@H]2CC[C@@H](C2)[C@@H]1C(=O)O)c1ccc(Cl)cc1. The normalized spacial score (nSPS) is 28.4. The first-order valence-electron chi connectivity index (χ1n) is 7.56. The number of carbonyl (C=O) groups is 3. The highest BCUT2D eigenvalue weighted by atomic mass is 35.5. The molecule has 6 nitrogen and oxygen atoms in total. The molecule has 2 aliphatic rings. The smallest absolute Gasteiger partial charge is 0.307 e. The quantitative estimate of drug-likeness (QED) is 0.734. The molecule has 2 fully saturated rings. The lowest BCUT2D eigenvalue weighted by molar-refractivity contribution is -0.149. The molecule has 2 aliphatic carbocycles. The van der Waals surface area contributed by atoms with Crippen LogP contribution in [0.25, 0.3) is 0 Å². The Kier molecular flexibility index (Phi) is 4.26. The number of carboxylic acids is 1. The number of fused-ring (bicyclic) bond motifs is 2. The molecular formula is C16H17ClN2O4. The number of hydrazine groups is 1. The Morgan fingerprint density at radius 2 is 1.61 bits per heavy atom. The molecule has 7 heteroatoms. The Morgan fingerprint density at radius 3 is 2.22 bits per heavy atom. The van der Waals surface area contributed by atoms with E-state index in [1.54, 1.807) is 24.3 Å². The largest absolute Gasteiger partial charge is 0.481 e. The molecule has 0 heterocycles. The number of rotatable bonds is 3. The standard InChI is InChI=1S/C16H17ClN2O4/c17-11-5-3-8(4-6-11)14(20)18-19-15(21)12-9-1-2-10(7-9)13(12)16(22)23/h3-6,9-10,12-13H,1-2,7H2,(H,18,20)(H,19,21)(H,22,23)/t9-,10-,12+,13-/m0/s1. The van der Waals surface area contributed by atoms with Gasteiger partial charge in [-0.3, -0.25) is 25.2 Å². The summed E-state index contributed by atoms with van der Waals surface area (Å²) < 4.78 is 0. The minimum Gasteiger partial charge on any atom is -0.481 e. The van der Waals surface area contributed by atoms with Gasteiger partial charge in [0.1, 0.15) is 0 Å². The van der Waals surface area contributed by atoms with Crippen molar-refractivity contribution in [1.82, 2.24) is 10.9 Å².